The molecule has 1 unspecified atom stereocenters. The Morgan fingerprint density at radius 1 is 1.20 bits per heavy atom. The lowest BCUT2D eigenvalue weighted by atomic mass is 10.1. The molecule has 0 saturated heterocycles. The molecule has 1 atom stereocenters. The highest BCUT2D eigenvalue weighted by atomic mass is 79.9. The van der Waals surface area contributed by atoms with Crippen LogP contribution in [0.25, 0.3) is 0 Å². The van der Waals surface area contributed by atoms with E-state index < -0.39 is 44.5 Å². The minimum absolute atomic E-state index is 0.352. The number of Topliss-reactive ketones (excluding diaryl/α,β-unsaturated/α-hetero) is 1. The van der Waals surface area contributed by atoms with Crippen LogP contribution < -0.4 is 0 Å². The summed E-state index contributed by atoms with van der Waals surface area (Å²) in [5, 5.41) is 0. The van der Waals surface area contributed by atoms with Gasteiger partial charge in [-0.25, -0.2) is 0 Å². The van der Waals surface area contributed by atoms with Crippen molar-refractivity contribution < 1.29 is 31.1 Å². The van der Waals surface area contributed by atoms with Crippen molar-refractivity contribution in [3.8, 4) is 0 Å². The van der Waals surface area contributed by atoms with Crippen LogP contribution >= 0.6 is 27.7 Å². The number of thioether (sulfide) groups is 1. The van der Waals surface area contributed by atoms with E-state index >= 15 is 0 Å². The van der Waals surface area contributed by atoms with Crippen molar-refractivity contribution in [3.05, 3.63) is 29.3 Å². The van der Waals surface area contributed by atoms with Crippen LogP contribution in [0.2, 0.25) is 0 Å². The molecule has 0 fully saturated rings. The van der Waals surface area contributed by atoms with Gasteiger partial charge in [0.15, 0.2) is 0 Å². The average Bonchev–Trinajstić information content (AvgIpc) is 2.24. The third kappa shape index (κ3) is 4.69. The fourth-order valence-corrected chi connectivity index (χ4v) is 2.57. The van der Waals surface area contributed by atoms with Crippen LogP contribution in [0.4, 0.5) is 26.3 Å². The van der Waals surface area contributed by atoms with Crippen molar-refractivity contribution in [2.45, 2.75) is 28.3 Å². The zero-order valence-corrected chi connectivity index (χ0v) is 12.2. The lowest BCUT2D eigenvalue weighted by Crippen LogP contribution is -2.10. The first-order chi connectivity index (χ1) is 8.92. The largest absolute Gasteiger partial charge is 0.446 e. The second kappa shape index (κ2) is 5.97. The number of ketones is 1. The molecule has 0 spiro atoms. The van der Waals surface area contributed by atoms with E-state index in [1.165, 1.54) is 0 Å². The van der Waals surface area contributed by atoms with Gasteiger partial charge in [0.25, 0.3) is 0 Å². The van der Waals surface area contributed by atoms with E-state index in [0.29, 0.717) is 18.2 Å². The van der Waals surface area contributed by atoms with Crippen molar-refractivity contribution in [1.82, 2.24) is 0 Å². The van der Waals surface area contributed by atoms with E-state index in [9.17, 15) is 31.1 Å². The Morgan fingerprint density at radius 2 is 1.75 bits per heavy atom. The van der Waals surface area contributed by atoms with Crippen molar-refractivity contribution in [1.29, 1.82) is 0 Å². The van der Waals surface area contributed by atoms with E-state index in [2.05, 4.69) is 15.9 Å². The predicted molar refractivity (Wildman–Crippen MR) is 65.7 cm³/mol. The lowest BCUT2D eigenvalue weighted by Gasteiger charge is -2.16. The first-order valence-corrected chi connectivity index (χ1v) is 6.76. The quantitative estimate of drug-likeness (QED) is 0.399. The van der Waals surface area contributed by atoms with Crippen LogP contribution in [-0.4, -0.2) is 11.3 Å². The minimum Gasteiger partial charge on any atom is -0.298 e. The summed E-state index contributed by atoms with van der Waals surface area (Å²) < 4.78 is 74.8. The fraction of sp³-hybridized carbons (Fsp3) is 0.364. The first-order valence-electron chi connectivity index (χ1n) is 5.03. The molecule has 112 valence electrons. The van der Waals surface area contributed by atoms with Gasteiger partial charge in [0.2, 0.25) is 0 Å². The zero-order valence-electron chi connectivity index (χ0n) is 9.77. The predicted octanol–water partition coefficient (Wildman–Crippen LogP) is 5.34. The Balaban J connectivity index is 3.34. The van der Waals surface area contributed by atoms with Crippen molar-refractivity contribution in [2.24, 2.45) is 0 Å². The van der Waals surface area contributed by atoms with E-state index in [1.807, 2.05) is 0 Å². The molecule has 0 bridgehead atoms. The summed E-state index contributed by atoms with van der Waals surface area (Å²) >= 11 is 2.25. The first kappa shape index (κ1) is 17.4. The topological polar surface area (TPSA) is 17.1 Å². The lowest BCUT2D eigenvalue weighted by molar-refractivity contribution is -0.137. The maximum Gasteiger partial charge on any atom is 0.446 e. The summed E-state index contributed by atoms with van der Waals surface area (Å²) in [5.41, 5.74) is -6.11. The molecule has 1 nitrogen and oxygen atoms in total. The SMILES string of the molecule is CC(=O)C(Br)c1cc(C(F)(F)F)ccc1SC(F)(F)F. The van der Waals surface area contributed by atoms with Gasteiger partial charge in [-0.2, -0.15) is 26.3 Å². The van der Waals surface area contributed by atoms with Gasteiger partial charge in [-0.05, 0) is 42.4 Å². The van der Waals surface area contributed by atoms with Gasteiger partial charge in [0.05, 0.1) is 10.4 Å². The summed E-state index contributed by atoms with van der Waals surface area (Å²) in [7, 11) is 0. The number of rotatable bonds is 3. The molecular formula is C11H7BrF6OS. The molecule has 9 heteroatoms. The standard InChI is InChI=1S/C11H7BrF6OS/c1-5(19)9(12)7-4-6(10(13,14)15)2-3-8(7)20-11(16,17)18/h2-4,9H,1H3. The van der Waals surface area contributed by atoms with Crippen molar-refractivity contribution in [2.75, 3.05) is 0 Å². The van der Waals surface area contributed by atoms with Gasteiger partial charge in [-0.1, -0.05) is 15.9 Å². The highest BCUT2D eigenvalue weighted by Gasteiger charge is 2.35. The number of benzene rings is 1. The van der Waals surface area contributed by atoms with E-state index in [0.717, 1.165) is 6.92 Å². The molecule has 0 radical (unpaired) electrons. The summed E-state index contributed by atoms with van der Waals surface area (Å²) in [6.45, 7) is 1.07. The monoisotopic (exact) mass is 380 g/mol. The summed E-state index contributed by atoms with van der Waals surface area (Å²) in [4.78, 5) is 9.54. The van der Waals surface area contributed by atoms with Crippen molar-refractivity contribution in [3.63, 3.8) is 0 Å². The molecule has 0 amide bonds. The molecule has 20 heavy (non-hydrogen) atoms. The third-order valence-corrected chi connectivity index (χ3v) is 4.15. The Morgan fingerprint density at radius 3 is 2.15 bits per heavy atom. The number of hydrogen-bond donors (Lipinski definition) is 0. The smallest absolute Gasteiger partial charge is 0.298 e. The van der Waals surface area contributed by atoms with Gasteiger partial charge in [-0.3, -0.25) is 4.79 Å². The number of hydrogen-bond acceptors (Lipinski definition) is 2. The third-order valence-electron chi connectivity index (χ3n) is 2.19. The maximum absolute atomic E-state index is 12.6. The summed E-state index contributed by atoms with van der Waals surface area (Å²) in [6.07, 6.45) is -4.69. The number of alkyl halides is 7. The van der Waals surface area contributed by atoms with Gasteiger partial charge >= 0.3 is 11.7 Å². The Kier molecular flexibility index (Phi) is 5.18. The number of halogens is 7. The van der Waals surface area contributed by atoms with Crippen LogP contribution in [-0.2, 0) is 11.0 Å². The van der Waals surface area contributed by atoms with Crippen LogP contribution in [0.1, 0.15) is 22.9 Å². The highest BCUT2D eigenvalue weighted by molar-refractivity contribution is 9.09. The van der Waals surface area contributed by atoms with Crippen LogP contribution in [0.5, 0.6) is 0 Å². The summed E-state index contributed by atoms with van der Waals surface area (Å²) in [5.74, 6) is -0.589. The molecule has 1 rings (SSSR count). The Bertz CT molecular complexity index is 511. The second-order valence-corrected chi connectivity index (χ2v) is 5.79. The van der Waals surface area contributed by atoms with Crippen molar-refractivity contribution >= 4 is 33.5 Å². The fourth-order valence-electron chi connectivity index (χ4n) is 1.36. The van der Waals surface area contributed by atoms with Gasteiger partial charge < -0.3 is 0 Å². The van der Waals surface area contributed by atoms with E-state index in [-0.39, 0.29) is 5.56 Å². The minimum atomic E-state index is -4.69. The summed E-state index contributed by atoms with van der Waals surface area (Å²) in [6, 6.07) is 1.82. The maximum atomic E-state index is 12.6. The molecular weight excluding hydrogens is 374 g/mol. The molecule has 0 aliphatic rings. The molecule has 0 aromatic heterocycles. The van der Waals surface area contributed by atoms with E-state index in [4.69, 9.17) is 0 Å². The van der Waals surface area contributed by atoms with Gasteiger partial charge in [0, 0.05) is 4.90 Å². The molecule has 0 saturated carbocycles. The molecule has 1 aromatic carbocycles. The molecule has 0 N–H and O–H groups in total. The molecule has 1 aromatic rings. The Labute approximate surface area is 122 Å². The molecule has 0 heterocycles. The zero-order chi connectivity index (χ0) is 15.7. The second-order valence-electron chi connectivity index (χ2n) is 3.77. The highest BCUT2D eigenvalue weighted by Crippen LogP contribution is 2.43. The number of carbonyl (C=O) groups is 1. The van der Waals surface area contributed by atoms with Crippen LogP contribution in [0.3, 0.4) is 0 Å². The average molecular weight is 381 g/mol. The van der Waals surface area contributed by atoms with Crippen LogP contribution in [0, 0.1) is 0 Å². The van der Waals surface area contributed by atoms with Gasteiger partial charge in [0.1, 0.15) is 5.78 Å². The Hall–Kier alpha value is -0.700. The van der Waals surface area contributed by atoms with E-state index in [1.54, 1.807) is 0 Å². The number of carbonyl (C=O) groups excluding carboxylic acids is 1. The van der Waals surface area contributed by atoms with Crippen LogP contribution in [0.15, 0.2) is 23.1 Å². The molecule has 0 aliphatic heterocycles. The normalized spacial score (nSPS) is 14.2. The van der Waals surface area contributed by atoms with Gasteiger partial charge in [-0.15, -0.1) is 0 Å². The molecule has 0 aliphatic carbocycles.